The van der Waals surface area contributed by atoms with Gasteiger partial charge in [0, 0.05) is 18.5 Å². The van der Waals surface area contributed by atoms with Crippen molar-refractivity contribution >= 4 is 0 Å². The van der Waals surface area contributed by atoms with Gasteiger partial charge in [0.15, 0.2) is 0 Å². The third-order valence-electron chi connectivity index (χ3n) is 6.05. The van der Waals surface area contributed by atoms with Gasteiger partial charge in [0.05, 0.1) is 0 Å². The summed E-state index contributed by atoms with van der Waals surface area (Å²) in [4.78, 5) is 2.55. The fraction of sp³-hybridized carbons (Fsp3) is 0.478. The van der Waals surface area contributed by atoms with Crippen LogP contribution in [0.5, 0.6) is 11.5 Å². The maximum absolute atomic E-state index is 9.62. The minimum absolute atomic E-state index is 0.225. The van der Waals surface area contributed by atoms with Gasteiger partial charge in [-0.05, 0) is 87.0 Å². The summed E-state index contributed by atoms with van der Waals surface area (Å²) in [6.45, 7) is 7.71. The number of aromatic hydroxyl groups is 1. The second-order valence-corrected chi connectivity index (χ2v) is 8.10. The van der Waals surface area contributed by atoms with Crippen molar-refractivity contribution in [3.05, 3.63) is 58.7 Å². The summed E-state index contributed by atoms with van der Waals surface area (Å²) >= 11 is 0. The summed E-state index contributed by atoms with van der Waals surface area (Å²) in [6, 6.07) is 12.4. The zero-order valence-corrected chi connectivity index (χ0v) is 15.9. The number of hydrogen-bond donors (Lipinski definition) is 1. The smallest absolute Gasteiger partial charge is 0.123 e. The molecule has 3 nitrogen and oxygen atoms in total. The molecular formula is C23H29NO2. The average Bonchev–Trinajstić information content (AvgIpc) is 3.01. The largest absolute Gasteiger partial charge is 0.508 e. The lowest BCUT2D eigenvalue weighted by molar-refractivity contribution is 0.117. The van der Waals surface area contributed by atoms with Crippen LogP contribution in [-0.2, 0) is 12.8 Å². The van der Waals surface area contributed by atoms with Gasteiger partial charge in [0.25, 0.3) is 0 Å². The molecule has 3 heteroatoms. The highest BCUT2D eigenvalue weighted by Gasteiger charge is 2.27. The first-order chi connectivity index (χ1) is 12.6. The molecule has 0 aliphatic carbocycles. The van der Waals surface area contributed by atoms with Crippen molar-refractivity contribution in [2.24, 2.45) is 5.92 Å². The van der Waals surface area contributed by atoms with Gasteiger partial charge >= 0.3 is 0 Å². The van der Waals surface area contributed by atoms with E-state index >= 15 is 0 Å². The van der Waals surface area contributed by atoms with Crippen molar-refractivity contribution in [3.8, 4) is 11.5 Å². The van der Waals surface area contributed by atoms with Crippen molar-refractivity contribution < 1.29 is 9.84 Å². The lowest BCUT2D eigenvalue weighted by Gasteiger charge is -2.33. The van der Waals surface area contributed by atoms with Gasteiger partial charge in [-0.3, -0.25) is 4.90 Å². The van der Waals surface area contributed by atoms with Crippen LogP contribution in [-0.4, -0.2) is 35.7 Å². The summed E-state index contributed by atoms with van der Waals surface area (Å²) < 4.78 is 6.06. The molecule has 1 N–H and O–H groups in total. The van der Waals surface area contributed by atoms with Crippen LogP contribution >= 0.6 is 0 Å². The zero-order valence-electron chi connectivity index (χ0n) is 15.9. The van der Waals surface area contributed by atoms with Crippen LogP contribution in [0.2, 0.25) is 0 Å². The Morgan fingerprint density at radius 2 is 1.85 bits per heavy atom. The Hall–Kier alpha value is -2.00. The number of fused-ring (bicyclic) bond motifs is 1. The Balaban J connectivity index is 1.26. The number of rotatable bonds is 4. The third-order valence-corrected chi connectivity index (χ3v) is 6.05. The molecule has 0 radical (unpaired) electrons. The summed E-state index contributed by atoms with van der Waals surface area (Å²) in [5, 5.41) is 9.62. The van der Waals surface area contributed by atoms with Crippen molar-refractivity contribution in [1.29, 1.82) is 0 Å². The molecule has 0 saturated carbocycles. The molecule has 1 atom stereocenters. The van der Waals surface area contributed by atoms with E-state index in [-0.39, 0.29) is 6.10 Å². The van der Waals surface area contributed by atoms with E-state index < -0.39 is 0 Å². The van der Waals surface area contributed by atoms with Gasteiger partial charge < -0.3 is 9.84 Å². The lowest BCUT2D eigenvalue weighted by Crippen LogP contribution is -2.40. The predicted octanol–water partition coefficient (Wildman–Crippen LogP) is 4.27. The van der Waals surface area contributed by atoms with Crippen LogP contribution < -0.4 is 4.74 Å². The van der Waals surface area contributed by atoms with Crippen LogP contribution in [0.4, 0.5) is 0 Å². The van der Waals surface area contributed by atoms with E-state index in [1.807, 2.05) is 12.1 Å². The molecule has 138 valence electrons. The van der Waals surface area contributed by atoms with E-state index in [4.69, 9.17) is 4.74 Å². The topological polar surface area (TPSA) is 32.7 Å². The van der Waals surface area contributed by atoms with E-state index in [1.165, 1.54) is 36.0 Å². The molecular weight excluding hydrogens is 322 g/mol. The first kappa shape index (κ1) is 17.4. The molecule has 1 saturated heterocycles. The van der Waals surface area contributed by atoms with Crippen molar-refractivity contribution in [2.45, 2.75) is 45.6 Å². The molecule has 1 fully saturated rings. The van der Waals surface area contributed by atoms with Gasteiger partial charge in [-0.15, -0.1) is 0 Å². The Kier molecular flexibility index (Phi) is 4.90. The number of hydrogen-bond acceptors (Lipinski definition) is 3. The molecule has 2 aromatic rings. The Labute approximate surface area is 156 Å². The number of likely N-dealkylation sites (tertiary alicyclic amines) is 1. The van der Waals surface area contributed by atoms with Gasteiger partial charge in [0.2, 0.25) is 0 Å². The second-order valence-electron chi connectivity index (χ2n) is 8.10. The summed E-state index contributed by atoms with van der Waals surface area (Å²) in [6.07, 6.45) is 4.88. The molecule has 0 amide bonds. The van der Waals surface area contributed by atoms with Gasteiger partial charge in [-0.2, -0.15) is 0 Å². The molecule has 2 aromatic carbocycles. The normalized spacial score (nSPS) is 20.8. The molecule has 4 rings (SSSR count). The number of benzene rings is 2. The molecule has 0 spiro atoms. The van der Waals surface area contributed by atoms with Crippen molar-refractivity contribution in [2.75, 3.05) is 19.6 Å². The fourth-order valence-electron chi connectivity index (χ4n) is 4.33. The number of aryl methyl sites for hydroxylation is 2. The molecule has 0 aromatic heterocycles. The van der Waals surface area contributed by atoms with Gasteiger partial charge in [0.1, 0.15) is 17.6 Å². The van der Waals surface area contributed by atoms with Crippen LogP contribution in [0.25, 0.3) is 0 Å². The van der Waals surface area contributed by atoms with Gasteiger partial charge in [-0.25, -0.2) is 0 Å². The molecule has 2 aliphatic rings. The quantitative estimate of drug-likeness (QED) is 0.893. The summed E-state index contributed by atoms with van der Waals surface area (Å²) in [7, 11) is 0. The highest BCUT2D eigenvalue weighted by Crippen LogP contribution is 2.32. The standard InChI is InChI=1S/C23H29NO2/c1-16-3-4-19(11-17(16)2)12-18-7-9-24(10-8-18)15-22-14-20-13-21(25)5-6-23(20)26-22/h3-6,11,13,18,22,25H,7-10,12,14-15H2,1-2H3. The Morgan fingerprint density at radius 3 is 2.62 bits per heavy atom. The number of nitrogens with zero attached hydrogens (tertiary/aromatic N) is 1. The van der Waals surface area contributed by atoms with Crippen molar-refractivity contribution in [1.82, 2.24) is 4.90 Å². The third kappa shape index (κ3) is 3.88. The van der Waals surface area contributed by atoms with E-state index in [0.29, 0.717) is 5.75 Å². The highest BCUT2D eigenvalue weighted by molar-refractivity contribution is 5.42. The molecule has 2 heterocycles. The average molecular weight is 351 g/mol. The van der Waals surface area contributed by atoms with Crippen LogP contribution in [0.3, 0.4) is 0 Å². The number of ether oxygens (including phenoxy) is 1. The molecule has 1 unspecified atom stereocenters. The summed E-state index contributed by atoms with van der Waals surface area (Å²) in [5.41, 5.74) is 5.42. The molecule has 26 heavy (non-hydrogen) atoms. The zero-order chi connectivity index (χ0) is 18.1. The first-order valence-corrected chi connectivity index (χ1v) is 9.84. The van der Waals surface area contributed by atoms with E-state index in [2.05, 4.69) is 36.9 Å². The number of phenolic OH excluding ortho intramolecular Hbond substituents is 1. The lowest BCUT2D eigenvalue weighted by atomic mass is 9.89. The SMILES string of the molecule is Cc1ccc(CC2CCN(CC3Cc4cc(O)ccc4O3)CC2)cc1C. The maximum atomic E-state index is 9.62. The minimum Gasteiger partial charge on any atom is -0.508 e. The molecule has 0 bridgehead atoms. The van der Waals surface area contributed by atoms with E-state index in [9.17, 15) is 5.11 Å². The Bertz CT molecular complexity index is 778. The molecule has 2 aliphatic heterocycles. The second kappa shape index (κ2) is 7.32. The fourth-order valence-corrected chi connectivity index (χ4v) is 4.33. The van der Waals surface area contributed by atoms with Crippen molar-refractivity contribution in [3.63, 3.8) is 0 Å². The van der Waals surface area contributed by atoms with Crippen LogP contribution in [0.1, 0.15) is 35.1 Å². The van der Waals surface area contributed by atoms with Crippen LogP contribution in [0, 0.1) is 19.8 Å². The minimum atomic E-state index is 0.225. The van der Waals surface area contributed by atoms with E-state index in [0.717, 1.165) is 43.3 Å². The predicted molar refractivity (Wildman–Crippen MR) is 105 cm³/mol. The first-order valence-electron chi connectivity index (χ1n) is 9.84. The maximum Gasteiger partial charge on any atom is 0.123 e. The summed E-state index contributed by atoms with van der Waals surface area (Å²) in [5.74, 6) is 2.07. The number of phenols is 1. The highest BCUT2D eigenvalue weighted by atomic mass is 16.5. The monoisotopic (exact) mass is 351 g/mol. The van der Waals surface area contributed by atoms with Crippen LogP contribution in [0.15, 0.2) is 36.4 Å². The van der Waals surface area contributed by atoms with E-state index in [1.54, 1.807) is 6.07 Å². The van der Waals surface area contributed by atoms with Gasteiger partial charge in [-0.1, -0.05) is 18.2 Å². The Morgan fingerprint density at radius 1 is 1.04 bits per heavy atom. The number of piperidine rings is 1.